The van der Waals surface area contributed by atoms with Crippen LogP contribution in [0.5, 0.6) is 5.75 Å². The summed E-state index contributed by atoms with van der Waals surface area (Å²) in [5.41, 5.74) is 2.25. The molecule has 1 rings (SSSR count). The molecule has 0 saturated carbocycles. The van der Waals surface area contributed by atoms with Gasteiger partial charge < -0.3 is 14.8 Å². The molecular weight excluding hydrogens is 238 g/mol. The van der Waals surface area contributed by atoms with Crippen molar-refractivity contribution >= 4 is 0 Å². The van der Waals surface area contributed by atoms with E-state index >= 15 is 0 Å². The van der Waals surface area contributed by atoms with E-state index in [-0.39, 0.29) is 11.6 Å². The van der Waals surface area contributed by atoms with Crippen molar-refractivity contribution in [1.82, 2.24) is 5.32 Å². The minimum atomic E-state index is -0.217. The van der Waals surface area contributed by atoms with Crippen LogP contribution in [0.3, 0.4) is 0 Å². The predicted molar refractivity (Wildman–Crippen MR) is 80.0 cm³/mol. The first-order valence-corrected chi connectivity index (χ1v) is 6.86. The zero-order valence-corrected chi connectivity index (χ0v) is 13.0. The van der Waals surface area contributed by atoms with E-state index in [1.165, 1.54) is 11.1 Å². The molecule has 1 unspecified atom stereocenters. The number of ether oxygens (including phenoxy) is 2. The van der Waals surface area contributed by atoms with Crippen LogP contribution >= 0.6 is 0 Å². The van der Waals surface area contributed by atoms with Crippen molar-refractivity contribution in [3.63, 3.8) is 0 Å². The maximum Gasteiger partial charge on any atom is 0.122 e. The molecule has 108 valence electrons. The lowest BCUT2D eigenvalue weighted by atomic mass is 9.91. The van der Waals surface area contributed by atoms with Gasteiger partial charge in [0.15, 0.2) is 0 Å². The van der Waals surface area contributed by atoms with Crippen LogP contribution in [0.4, 0.5) is 0 Å². The van der Waals surface area contributed by atoms with Crippen LogP contribution in [0.2, 0.25) is 0 Å². The van der Waals surface area contributed by atoms with E-state index in [9.17, 15) is 0 Å². The second-order valence-corrected chi connectivity index (χ2v) is 5.44. The normalized spacial score (nSPS) is 13.4. The van der Waals surface area contributed by atoms with Gasteiger partial charge in [-0.2, -0.15) is 0 Å². The molecule has 1 aromatic rings. The van der Waals surface area contributed by atoms with E-state index in [1.54, 1.807) is 14.2 Å². The van der Waals surface area contributed by atoms with Crippen LogP contribution in [0.25, 0.3) is 0 Å². The van der Waals surface area contributed by atoms with Crippen molar-refractivity contribution in [3.05, 3.63) is 29.3 Å². The van der Waals surface area contributed by atoms with Gasteiger partial charge in [0, 0.05) is 13.2 Å². The summed E-state index contributed by atoms with van der Waals surface area (Å²) < 4.78 is 11.1. The topological polar surface area (TPSA) is 30.5 Å². The van der Waals surface area contributed by atoms with E-state index in [1.807, 2.05) is 6.07 Å². The Morgan fingerprint density at radius 2 is 1.95 bits per heavy atom. The molecule has 0 amide bonds. The molecule has 0 fully saturated rings. The number of methoxy groups -OCH3 is 2. The Labute approximate surface area is 117 Å². The molecule has 3 nitrogen and oxygen atoms in total. The van der Waals surface area contributed by atoms with Crippen LogP contribution in [0.15, 0.2) is 18.2 Å². The first-order chi connectivity index (χ1) is 8.94. The maximum atomic E-state index is 5.63. The summed E-state index contributed by atoms with van der Waals surface area (Å²) in [5, 5.41) is 3.51. The third kappa shape index (κ3) is 4.22. The smallest absolute Gasteiger partial charge is 0.122 e. The molecule has 0 radical (unpaired) electrons. The molecule has 0 spiro atoms. The second kappa shape index (κ2) is 6.92. The van der Waals surface area contributed by atoms with Gasteiger partial charge in [0.1, 0.15) is 5.75 Å². The largest absolute Gasteiger partial charge is 0.496 e. The highest BCUT2D eigenvalue weighted by atomic mass is 16.5. The van der Waals surface area contributed by atoms with Gasteiger partial charge in [0.05, 0.1) is 12.7 Å². The molecule has 1 N–H and O–H groups in total. The zero-order chi connectivity index (χ0) is 14.5. The van der Waals surface area contributed by atoms with Gasteiger partial charge >= 0.3 is 0 Å². The number of rotatable bonds is 7. The van der Waals surface area contributed by atoms with E-state index in [0.29, 0.717) is 0 Å². The first kappa shape index (κ1) is 16.0. The van der Waals surface area contributed by atoms with Crippen molar-refractivity contribution in [3.8, 4) is 5.75 Å². The first-order valence-electron chi connectivity index (χ1n) is 6.86. The Morgan fingerprint density at radius 3 is 2.47 bits per heavy atom. The summed E-state index contributed by atoms with van der Waals surface area (Å²) in [6, 6.07) is 6.55. The Bertz CT molecular complexity index is 402. The third-order valence-corrected chi connectivity index (χ3v) is 3.68. The molecule has 0 aliphatic carbocycles. The predicted octanol–water partition coefficient (Wildman–Crippen LogP) is 2.95. The summed E-state index contributed by atoms with van der Waals surface area (Å²) in [6.45, 7) is 9.37. The van der Waals surface area contributed by atoms with Gasteiger partial charge in [-0.1, -0.05) is 24.6 Å². The van der Waals surface area contributed by atoms with Crippen LogP contribution < -0.4 is 10.1 Å². The van der Waals surface area contributed by atoms with E-state index < -0.39 is 0 Å². The van der Waals surface area contributed by atoms with Crippen molar-refractivity contribution in [1.29, 1.82) is 0 Å². The SMILES string of the molecule is CCNC(Cc1cc(C)ccc1OC)C(C)(C)OC. The van der Waals surface area contributed by atoms with Gasteiger partial charge in [-0.05, 0) is 45.4 Å². The average molecular weight is 265 g/mol. The van der Waals surface area contributed by atoms with Crippen LogP contribution in [-0.4, -0.2) is 32.4 Å². The Kier molecular flexibility index (Phi) is 5.83. The van der Waals surface area contributed by atoms with Crippen molar-refractivity contribution in [2.24, 2.45) is 0 Å². The fourth-order valence-electron chi connectivity index (χ4n) is 2.24. The molecule has 0 heterocycles. The monoisotopic (exact) mass is 265 g/mol. The Hall–Kier alpha value is -1.06. The lowest BCUT2D eigenvalue weighted by Crippen LogP contribution is -2.49. The summed E-state index contributed by atoms with van der Waals surface area (Å²) in [5.74, 6) is 0.945. The molecule has 0 aliphatic rings. The zero-order valence-electron chi connectivity index (χ0n) is 13.0. The Balaban J connectivity index is 2.99. The average Bonchev–Trinajstić information content (AvgIpc) is 2.38. The Morgan fingerprint density at radius 1 is 1.26 bits per heavy atom. The van der Waals surface area contributed by atoms with E-state index in [4.69, 9.17) is 9.47 Å². The van der Waals surface area contributed by atoms with Gasteiger partial charge in [-0.15, -0.1) is 0 Å². The van der Waals surface area contributed by atoms with E-state index in [0.717, 1.165) is 18.7 Å². The quantitative estimate of drug-likeness (QED) is 0.822. The third-order valence-electron chi connectivity index (χ3n) is 3.68. The van der Waals surface area contributed by atoms with Gasteiger partial charge in [-0.25, -0.2) is 0 Å². The van der Waals surface area contributed by atoms with Crippen molar-refractivity contribution in [2.75, 3.05) is 20.8 Å². The number of benzene rings is 1. The van der Waals surface area contributed by atoms with Gasteiger partial charge in [-0.3, -0.25) is 0 Å². The van der Waals surface area contributed by atoms with Gasteiger partial charge in [0.2, 0.25) is 0 Å². The van der Waals surface area contributed by atoms with E-state index in [2.05, 4.69) is 45.1 Å². The number of likely N-dealkylation sites (N-methyl/N-ethyl adjacent to an activating group) is 1. The summed E-state index contributed by atoms with van der Waals surface area (Å²) in [7, 11) is 3.48. The summed E-state index contributed by atoms with van der Waals surface area (Å²) in [6.07, 6.45) is 0.888. The molecule has 1 atom stereocenters. The molecule has 19 heavy (non-hydrogen) atoms. The molecule has 3 heteroatoms. The summed E-state index contributed by atoms with van der Waals surface area (Å²) >= 11 is 0. The highest BCUT2D eigenvalue weighted by Gasteiger charge is 2.29. The van der Waals surface area contributed by atoms with Crippen molar-refractivity contribution in [2.45, 2.75) is 45.8 Å². The summed E-state index contributed by atoms with van der Waals surface area (Å²) in [4.78, 5) is 0. The lowest BCUT2D eigenvalue weighted by Gasteiger charge is -2.34. The minimum Gasteiger partial charge on any atom is -0.496 e. The molecule has 0 aliphatic heterocycles. The lowest BCUT2D eigenvalue weighted by molar-refractivity contribution is -0.00971. The maximum absolute atomic E-state index is 5.63. The van der Waals surface area contributed by atoms with Gasteiger partial charge in [0.25, 0.3) is 0 Å². The number of hydrogen-bond acceptors (Lipinski definition) is 3. The molecule has 0 aromatic heterocycles. The number of hydrogen-bond donors (Lipinski definition) is 1. The van der Waals surface area contributed by atoms with Crippen LogP contribution in [-0.2, 0) is 11.2 Å². The fourth-order valence-corrected chi connectivity index (χ4v) is 2.24. The van der Waals surface area contributed by atoms with Crippen LogP contribution in [0, 0.1) is 6.92 Å². The second-order valence-electron chi connectivity index (χ2n) is 5.44. The number of nitrogens with one attached hydrogen (secondary N) is 1. The highest BCUT2D eigenvalue weighted by Crippen LogP contribution is 2.25. The standard InChI is InChI=1S/C16H27NO2/c1-7-17-15(16(3,4)19-6)11-13-10-12(2)8-9-14(13)18-5/h8-10,15,17H,7,11H2,1-6H3. The molecular formula is C16H27NO2. The minimum absolute atomic E-state index is 0.217. The van der Waals surface area contributed by atoms with Crippen LogP contribution in [0.1, 0.15) is 31.9 Å². The van der Waals surface area contributed by atoms with Crippen molar-refractivity contribution < 1.29 is 9.47 Å². The fraction of sp³-hybridized carbons (Fsp3) is 0.625. The molecule has 0 bridgehead atoms. The molecule has 0 saturated heterocycles. The highest BCUT2D eigenvalue weighted by molar-refractivity contribution is 5.37. The molecule has 1 aromatic carbocycles. The number of aryl methyl sites for hydroxylation is 1.